The lowest BCUT2D eigenvalue weighted by Crippen LogP contribution is -2.51. The van der Waals surface area contributed by atoms with Crippen LogP contribution < -0.4 is 5.32 Å². The van der Waals surface area contributed by atoms with Gasteiger partial charge in [-0.15, -0.1) is 0 Å². The fraction of sp³-hybridized carbons (Fsp3) is 0.667. The van der Waals surface area contributed by atoms with Gasteiger partial charge in [0.1, 0.15) is 5.82 Å². The highest BCUT2D eigenvalue weighted by Gasteiger charge is 2.48. The monoisotopic (exact) mass is 311 g/mol. The summed E-state index contributed by atoms with van der Waals surface area (Å²) >= 11 is 6.33. The fourth-order valence-electron chi connectivity index (χ4n) is 3.46. The van der Waals surface area contributed by atoms with E-state index in [4.69, 9.17) is 11.6 Å². The van der Waals surface area contributed by atoms with Gasteiger partial charge in [-0.2, -0.15) is 0 Å². The van der Waals surface area contributed by atoms with Crippen LogP contribution in [0.4, 0.5) is 4.39 Å². The van der Waals surface area contributed by atoms with Gasteiger partial charge in [-0.05, 0) is 49.3 Å². The average molecular weight is 312 g/mol. The van der Waals surface area contributed by atoms with Gasteiger partial charge in [0.2, 0.25) is 0 Å². The van der Waals surface area contributed by atoms with E-state index in [0.29, 0.717) is 22.8 Å². The van der Waals surface area contributed by atoms with Crippen LogP contribution in [0.15, 0.2) is 18.2 Å². The summed E-state index contributed by atoms with van der Waals surface area (Å²) in [4.78, 5) is 0. The van der Waals surface area contributed by atoms with Crippen molar-refractivity contribution in [1.82, 2.24) is 5.32 Å². The van der Waals surface area contributed by atoms with Crippen LogP contribution in [0.1, 0.15) is 46.1 Å². The van der Waals surface area contributed by atoms with E-state index in [1.165, 1.54) is 6.07 Å². The molecular weight excluding hydrogens is 285 g/mol. The van der Waals surface area contributed by atoms with Crippen LogP contribution in [-0.2, 0) is 5.41 Å². The van der Waals surface area contributed by atoms with Crippen LogP contribution in [0, 0.1) is 23.6 Å². The van der Waals surface area contributed by atoms with Crippen LogP contribution in [0.3, 0.4) is 0 Å². The van der Waals surface area contributed by atoms with E-state index in [2.05, 4.69) is 33.0 Å². The van der Waals surface area contributed by atoms with Gasteiger partial charge in [0, 0.05) is 22.5 Å². The van der Waals surface area contributed by atoms with Crippen molar-refractivity contribution < 1.29 is 4.39 Å². The zero-order valence-corrected chi connectivity index (χ0v) is 14.3. The molecule has 1 aromatic rings. The van der Waals surface area contributed by atoms with Crippen molar-refractivity contribution in [2.75, 3.05) is 13.1 Å². The Morgan fingerprint density at radius 1 is 1.29 bits per heavy atom. The molecule has 0 heterocycles. The van der Waals surface area contributed by atoms with E-state index in [0.717, 1.165) is 31.5 Å². The summed E-state index contributed by atoms with van der Waals surface area (Å²) in [6.07, 6.45) is 2.05. The molecule has 1 nitrogen and oxygen atoms in total. The first-order valence-corrected chi connectivity index (χ1v) is 8.39. The first-order valence-electron chi connectivity index (χ1n) is 8.01. The Balaban J connectivity index is 2.21. The molecule has 0 radical (unpaired) electrons. The van der Waals surface area contributed by atoms with E-state index in [9.17, 15) is 4.39 Å². The standard InChI is InChI=1S/C18H27ClFN/c1-12(2)10-21-11-18(8-14(9-18)13(3)4)17-15(19)6-5-7-16(17)20/h5-7,12-14,21H,8-11H2,1-4H3. The Labute approximate surface area is 133 Å². The predicted molar refractivity (Wildman–Crippen MR) is 88.4 cm³/mol. The zero-order chi connectivity index (χ0) is 15.6. The second-order valence-corrected chi connectivity index (χ2v) is 7.72. The van der Waals surface area contributed by atoms with Gasteiger partial charge in [0.05, 0.1) is 0 Å². The van der Waals surface area contributed by atoms with Gasteiger partial charge >= 0.3 is 0 Å². The van der Waals surface area contributed by atoms with Gasteiger partial charge < -0.3 is 5.32 Å². The van der Waals surface area contributed by atoms with Crippen LogP contribution in [0.2, 0.25) is 5.02 Å². The summed E-state index contributed by atoms with van der Waals surface area (Å²) in [5.41, 5.74) is 0.589. The highest BCUT2D eigenvalue weighted by atomic mass is 35.5. The van der Waals surface area contributed by atoms with Crippen LogP contribution in [0.5, 0.6) is 0 Å². The number of hydrogen-bond acceptors (Lipinski definition) is 1. The van der Waals surface area contributed by atoms with Gasteiger partial charge in [0.15, 0.2) is 0 Å². The normalized spacial score (nSPS) is 25.4. The minimum Gasteiger partial charge on any atom is -0.316 e. The predicted octanol–water partition coefficient (Wildman–Crippen LogP) is 5.03. The summed E-state index contributed by atoms with van der Waals surface area (Å²) in [5, 5.41) is 4.09. The maximum absolute atomic E-state index is 14.4. The molecule has 0 amide bonds. The number of nitrogens with one attached hydrogen (secondary N) is 1. The van der Waals surface area contributed by atoms with E-state index in [-0.39, 0.29) is 11.2 Å². The molecule has 118 valence electrons. The Kier molecular flexibility index (Phi) is 5.32. The lowest BCUT2D eigenvalue weighted by Gasteiger charge is -2.50. The Hall–Kier alpha value is -0.600. The Morgan fingerprint density at radius 2 is 1.95 bits per heavy atom. The van der Waals surface area contributed by atoms with Gasteiger partial charge in [-0.3, -0.25) is 0 Å². The molecule has 0 aliphatic heterocycles. The molecule has 0 aromatic heterocycles. The summed E-state index contributed by atoms with van der Waals surface area (Å²) in [7, 11) is 0. The summed E-state index contributed by atoms with van der Waals surface area (Å²) in [6.45, 7) is 10.6. The summed E-state index contributed by atoms with van der Waals surface area (Å²) < 4.78 is 14.4. The molecule has 1 saturated carbocycles. The highest BCUT2D eigenvalue weighted by Crippen LogP contribution is 2.52. The lowest BCUT2D eigenvalue weighted by atomic mass is 9.55. The first-order chi connectivity index (χ1) is 9.85. The van der Waals surface area contributed by atoms with Gasteiger partial charge in [-0.1, -0.05) is 45.4 Å². The second-order valence-electron chi connectivity index (χ2n) is 7.31. The molecule has 1 aromatic carbocycles. The summed E-state index contributed by atoms with van der Waals surface area (Å²) in [5.74, 6) is 1.76. The molecule has 0 spiro atoms. The molecule has 0 unspecified atom stereocenters. The molecule has 1 aliphatic carbocycles. The molecule has 3 heteroatoms. The maximum atomic E-state index is 14.4. The van der Waals surface area contributed by atoms with E-state index in [1.807, 2.05) is 6.07 Å². The largest absolute Gasteiger partial charge is 0.316 e. The minimum absolute atomic E-state index is 0.133. The third-order valence-corrected chi connectivity index (χ3v) is 5.07. The van der Waals surface area contributed by atoms with Crippen molar-refractivity contribution in [3.8, 4) is 0 Å². The third kappa shape index (κ3) is 3.60. The molecule has 1 aliphatic rings. The maximum Gasteiger partial charge on any atom is 0.128 e. The van der Waals surface area contributed by atoms with Crippen molar-refractivity contribution >= 4 is 11.6 Å². The first kappa shape index (κ1) is 16.8. The SMILES string of the molecule is CC(C)CNCC1(c2c(F)cccc2Cl)CC(C(C)C)C1. The van der Waals surface area contributed by atoms with Crippen LogP contribution in [-0.4, -0.2) is 13.1 Å². The van der Waals surface area contributed by atoms with Crippen molar-refractivity contribution in [3.05, 3.63) is 34.6 Å². The molecule has 2 rings (SSSR count). The number of hydrogen-bond donors (Lipinski definition) is 1. The van der Waals surface area contributed by atoms with Crippen molar-refractivity contribution in [2.24, 2.45) is 17.8 Å². The van der Waals surface area contributed by atoms with E-state index < -0.39 is 0 Å². The molecule has 1 N–H and O–H groups in total. The number of halogens is 2. The third-order valence-electron chi connectivity index (χ3n) is 4.76. The molecule has 1 fully saturated rings. The molecule has 0 saturated heterocycles. The van der Waals surface area contributed by atoms with Gasteiger partial charge in [-0.25, -0.2) is 4.39 Å². The second kappa shape index (κ2) is 6.66. The summed E-state index contributed by atoms with van der Waals surface area (Å²) in [6, 6.07) is 5.04. The minimum atomic E-state index is -0.156. The smallest absolute Gasteiger partial charge is 0.128 e. The van der Waals surface area contributed by atoms with E-state index in [1.54, 1.807) is 6.07 Å². The zero-order valence-electron chi connectivity index (χ0n) is 13.5. The van der Waals surface area contributed by atoms with Crippen molar-refractivity contribution in [3.63, 3.8) is 0 Å². The molecule has 21 heavy (non-hydrogen) atoms. The molecular formula is C18H27ClFN. The Morgan fingerprint density at radius 3 is 2.48 bits per heavy atom. The van der Waals surface area contributed by atoms with Crippen molar-refractivity contribution in [2.45, 2.75) is 46.0 Å². The molecule has 0 bridgehead atoms. The number of benzene rings is 1. The number of rotatable bonds is 6. The van der Waals surface area contributed by atoms with E-state index >= 15 is 0 Å². The van der Waals surface area contributed by atoms with Crippen LogP contribution in [0.25, 0.3) is 0 Å². The fourth-order valence-corrected chi connectivity index (χ4v) is 3.82. The average Bonchev–Trinajstić information content (AvgIpc) is 2.32. The highest BCUT2D eigenvalue weighted by molar-refractivity contribution is 6.31. The van der Waals surface area contributed by atoms with Crippen molar-refractivity contribution in [1.29, 1.82) is 0 Å². The lowest BCUT2D eigenvalue weighted by molar-refractivity contribution is 0.0939. The van der Waals surface area contributed by atoms with Gasteiger partial charge in [0.25, 0.3) is 0 Å². The molecule has 0 atom stereocenters. The topological polar surface area (TPSA) is 12.0 Å². The quantitative estimate of drug-likeness (QED) is 0.777. The van der Waals surface area contributed by atoms with Crippen LogP contribution >= 0.6 is 11.6 Å². The Bertz CT molecular complexity index is 458.